The maximum atomic E-state index is 3.93. The topological polar surface area (TPSA) is 12.0 Å². The summed E-state index contributed by atoms with van der Waals surface area (Å²) in [6, 6.07) is 21.8. The van der Waals surface area contributed by atoms with Gasteiger partial charge in [-0.1, -0.05) is 88.4 Å². The normalized spacial score (nSPS) is 12.1. The van der Waals surface area contributed by atoms with E-state index in [1.54, 1.807) is 0 Å². The van der Waals surface area contributed by atoms with Crippen molar-refractivity contribution in [3.8, 4) is 0 Å². The van der Waals surface area contributed by atoms with E-state index in [-0.39, 0.29) is 5.54 Å². The molecular formula is C22H31N. The van der Waals surface area contributed by atoms with Gasteiger partial charge in [-0.2, -0.15) is 0 Å². The Balaban J connectivity index is 2.29. The molecule has 1 N–H and O–H groups in total. The van der Waals surface area contributed by atoms with E-state index in [0.29, 0.717) is 11.8 Å². The molecule has 0 radical (unpaired) electrons. The minimum atomic E-state index is 0.0903. The highest BCUT2D eigenvalue weighted by molar-refractivity contribution is 5.23. The van der Waals surface area contributed by atoms with Crippen LogP contribution in [0.15, 0.2) is 60.7 Å². The maximum Gasteiger partial charge on any atom is 0.0285 e. The smallest absolute Gasteiger partial charge is 0.0285 e. The van der Waals surface area contributed by atoms with Crippen LogP contribution in [0.3, 0.4) is 0 Å². The summed E-state index contributed by atoms with van der Waals surface area (Å²) in [5, 5.41) is 3.93. The van der Waals surface area contributed by atoms with Crippen LogP contribution in [0, 0.1) is 11.8 Å². The van der Waals surface area contributed by atoms with Gasteiger partial charge in [-0.25, -0.2) is 0 Å². The molecule has 0 aliphatic carbocycles. The molecule has 0 saturated carbocycles. The monoisotopic (exact) mass is 309 g/mol. The van der Waals surface area contributed by atoms with Gasteiger partial charge in [-0.3, -0.25) is 0 Å². The molecule has 0 amide bonds. The molecule has 0 heterocycles. The van der Waals surface area contributed by atoms with Crippen LogP contribution in [-0.2, 0) is 12.8 Å². The van der Waals surface area contributed by atoms with E-state index in [1.807, 2.05) is 0 Å². The van der Waals surface area contributed by atoms with E-state index in [2.05, 4.69) is 93.7 Å². The van der Waals surface area contributed by atoms with E-state index < -0.39 is 0 Å². The Morgan fingerprint density at radius 3 is 1.52 bits per heavy atom. The summed E-state index contributed by atoms with van der Waals surface area (Å²) < 4.78 is 0. The number of hydrogen-bond acceptors (Lipinski definition) is 1. The van der Waals surface area contributed by atoms with Crippen molar-refractivity contribution in [3.63, 3.8) is 0 Å². The first-order valence-electron chi connectivity index (χ1n) is 8.85. The summed E-state index contributed by atoms with van der Waals surface area (Å²) in [6.07, 6.45) is 2.13. The molecule has 0 aliphatic heterocycles. The number of benzene rings is 2. The van der Waals surface area contributed by atoms with Gasteiger partial charge in [0.1, 0.15) is 0 Å². The van der Waals surface area contributed by atoms with Crippen LogP contribution >= 0.6 is 0 Å². The summed E-state index contributed by atoms with van der Waals surface area (Å²) in [4.78, 5) is 0. The first-order chi connectivity index (χ1) is 11.0. The van der Waals surface area contributed by atoms with E-state index in [9.17, 15) is 0 Å². The molecule has 1 heteroatoms. The molecule has 124 valence electrons. The van der Waals surface area contributed by atoms with Gasteiger partial charge in [0.25, 0.3) is 0 Å². The van der Waals surface area contributed by atoms with Crippen molar-refractivity contribution in [1.82, 2.24) is 5.32 Å². The van der Waals surface area contributed by atoms with Crippen LogP contribution in [0.5, 0.6) is 0 Å². The molecule has 0 atom stereocenters. The van der Waals surface area contributed by atoms with Crippen molar-refractivity contribution in [3.05, 3.63) is 71.8 Å². The Morgan fingerprint density at radius 2 is 1.17 bits per heavy atom. The molecule has 0 saturated heterocycles. The largest absolute Gasteiger partial charge is 0.310 e. The van der Waals surface area contributed by atoms with Crippen LogP contribution in [-0.4, -0.2) is 12.1 Å². The minimum absolute atomic E-state index is 0.0903. The summed E-state index contributed by atoms with van der Waals surface area (Å²) in [6.45, 7) is 10.3. The van der Waals surface area contributed by atoms with Gasteiger partial charge in [0.05, 0.1) is 0 Å². The predicted molar refractivity (Wildman–Crippen MR) is 101 cm³/mol. The minimum Gasteiger partial charge on any atom is -0.310 e. The highest BCUT2D eigenvalue weighted by Gasteiger charge is 2.33. The first kappa shape index (κ1) is 17.7. The fraction of sp³-hybridized carbons (Fsp3) is 0.455. The predicted octanol–water partition coefficient (Wildman–Crippen LogP) is 5.11. The average molecular weight is 309 g/mol. The van der Waals surface area contributed by atoms with Gasteiger partial charge in [0.15, 0.2) is 0 Å². The van der Waals surface area contributed by atoms with E-state index in [0.717, 1.165) is 19.4 Å². The second-order valence-corrected chi connectivity index (χ2v) is 7.41. The van der Waals surface area contributed by atoms with E-state index in [4.69, 9.17) is 0 Å². The van der Waals surface area contributed by atoms with Crippen molar-refractivity contribution in [2.75, 3.05) is 6.54 Å². The molecule has 2 aromatic carbocycles. The van der Waals surface area contributed by atoms with Gasteiger partial charge >= 0.3 is 0 Å². The summed E-state index contributed by atoms with van der Waals surface area (Å²) >= 11 is 0. The molecule has 0 aliphatic rings. The molecule has 23 heavy (non-hydrogen) atoms. The Bertz CT molecular complexity index is 516. The number of nitrogens with one attached hydrogen (secondary N) is 1. The van der Waals surface area contributed by atoms with Crippen molar-refractivity contribution >= 4 is 0 Å². The number of hydrogen-bond donors (Lipinski definition) is 1. The van der Waals surface area contributed by atoms with Crippen molar-refractivity contribution < 1.29 is 0 Å². The average Bonchev–Trinajstić information content (AvgIpc) is 2.54. The molecule has 1 nitrogen and oxygen atoms in total. The molecular weight excluding hydrogens is 278 g/mol. The first-order valence-corrected chi connectivity index (χ1v) is 8.85. The summed E-state index contributed by atoms with van der Waals surface area (Å²) in [5.41, 5.74) is 2.91. The van der Waals surface area contributed by atoms with E-state index >= 15 is 0 Å². The molecule has 0 fully saturated rings. The van der Waals surface area contributed by atoms with Gasteiger partial charge < -0.3 is 5.32 Å². The fourth-order valence-electron chi connectivity index (χ4n) is 3.13. The second-order valence-electron chi connectivity index (χ2n) is 7.41. The Morgan fingerprint density at radius 1 is 0.739 bits per heavy atom. The SMILES string of the molecule is CC(C)CNC(Cc1ccccc1)(Cc1ccccc1)C(C)C. The third-order valence-electron chi connectivity index (χ3n) is 4.69. The summed E-state index contributed by atoms with van der Waals surface area (Å²) in [7, 11) is 0. The molecule has 0 aromatic heterocycles. The molecule has 2 aromatic rings. The Kier molecular flexibility index (Phi) is 6.41. The van der Waals surface area contributed by atoms with Gasteiger partial charge in [0.2, 0.25) is 0 Å². The zero-order chi connectivity index (χ0) is 16.7. The van der Waals surface area contributed by atoms with Crippen LogP contribution in [0.25, 0.3) is 0 Å². The van der Waals surface area contributed by atoms with Crippen molar-refractivity contribution in [2.24, 2.45) is 11.8 Å². The lowest BCUT2D eigenvalue weighted by atomic mass is 9.76. The van der Waals surface area contributed by atoms with Crippen molar-refractivity contribution in [2.45, 2.75) is 46.1 Å². The van der Waals surface area contributed by atoms with Crippen LogP contribution in [0.4, 0.5) is 0 Å². The standard InChI is InChI=1S/C22H31N/c1-18(2)17-23-22(19(3)4,15-20-11-7-5-8-12-20)16-21-13-9-6-10-14-21/h5-14,18-19,23H,15-17H2,1-4H3. The summed E-state index contributed by atoms with van der Waals surface area (Å²) in [5.74, 6) is 1.21. The lowest BCUT2D eigenvalue weighted by Gasteiger charge is -2.40. The molecule has 0 bridgehead atoms. The third kappa shape index (κ3) is 5.21. The van der Waals surface area contributed by atoms with E-state index in [1.165, 1.54) is 11.1 Å². The van der Waals surface area contributed by atoms with Crippen LogP contribution < -0.4 is 5.32 Å². The second kappa shape index (κ2) is 8.31. The fourth-order valence-corrected chi connectivity index (χ4v) is 3.13. The highest BCUT2D eigenvalue weighted by Crippen LogP contribution is 2.27. The Hall–Kier alpha value is -1.60. The quantitative estimate of drug-likeness (QED) is 0.714. The van der Waals surface area contributed by atoms with Crippen LogP contribution in [0.1, 0.15) is 38.8 Å². The molecule has 0 spiro atoms. The molecule has 2 rings (SSSR count). The zero-order valence-electron chi connectivity index (χ0n) is 15.0. The number of rotatable bonds is 8. The zero-order valence-corrected chi connectivity index (χ0v) is 15.0. The van der Waals surface area contributed by atoms with Gasteiger partial charge in [-0.05, 0) is 42.3 Å². The van der Waals surface area contributed by atoms with Gasteiger partial charge in [0, 0.05) is 5.54 Å². The molecule has 0 unspecified atom stereocenters. The third-order valence-corrected chi connectivity index (χ3v) is 4.69. The lowest BCUT2D eigenvalue weighted by Crippen LogP contribution is -2.54. The highest BCUT2D eigenvalue weighted by atomic mass is 15.0. The van der Waals surface area contributed by atoms with Crippen molar-refractivity contribution in [1.29, 1.82) is 0 Å². The Labute approximate surface area is 142 Å². The van der Waals surface area contributed by atoms with Crippen LogP contribution in [0.2, 0.25) is 0 Å². The van der Waals surface area contributed by atoms with Gasteiger partial charge in [-0.15, -0.1) is 0 Å². The lowest BCUT2D eigenvalue weighted by molar-refractivity contribution is 0.221. The maximum absolute atomic E-state index is 3.93.